The van der Waals surface area contributed by atoms with Gasteiger partial charge < -0.3 is 5.32 Å². The largest absolute Gasteiger partial charge is 0.416 e. The molecule has 1 N–H and O–H groups in total. The normalized spacial score (nSPS) is 22.2. The zero-order chi connectivity index (χ0) is 15.0. The SMILES string of the molecule is CC1(C)CCCC1NCc1ccc(F)cc1C(F)(F)F. The number of hydrogen-bond donors (Lipinski definition) is 1. The number of nitrogens with one attached hydrogen (secondary N) is 1. The summed E-state index contributed by atoms with van der Waals surface area (Å²) < 4.78 is 51.7. The highest BCUT2D eigenvalue weighted by Gasteiger charge is 2.36. The molecule has 0 bridgehead atoms. The molecule has 1 aromatic carbocycles. The molecule has 0 spiro atoms. The molecule has 1 fully saturated rings. The van der Waals surface area contributed by atoms with Gasteiger partial charge in [0.2, 0.25) is 0 Å². The van der Waals surface area contributed by atoms with E-state index >= 15 is 0 Å². The smallest absolute Gasteiger partial charge is 0.309 e. The predicted octanol–water partition coefficient (Wildman–Crippen LogP) is 4.51. The van der Waals surface area contributed by atoms with E-state index in [-0.39, 0.29) is 23.6 Å². The van der Waals surface area contributed by atoms with Gasteiger partial charge in [-0.15, -0.1) is 0 Å². The van der Waals surface area contributed by atoms with E-state index in [0.717, 1.165) is 25.3 Å². The van der Waals surface area contributed by atoms with Crippen molar-refractivity contribution in [1.29, 1.82) is 0 Å². The maximum atomic E-state index is 13.0. The van der Waals surface area contributed by atoms with Gasteiger partial charge in [0.25, 0.3) is 0 Å². The lowest BCUT2D eigenvalue weighted by Crippen LogP contribution is -2.37. The Hall–Kier alpha value is -1.10. The highest BCUT2D eigenvalue weighted by molar-refractivity contribution is 5.30. The highest BCUT2D eigenvalue weighted by Crippen LogP contribution is 2.38. The number of rotatable bonds is 3. The molecule has 0 aromatic heterocycles. The molecule has 0 aliphatic heterocycles. The molecule has 2 rings (SSSR count). The highest BCUT2D eigenvalue weighted by atomic mass is 19.4. The van der Waals surface area contributed by atoms with Crippen LogP contribution in [0.3, 0.4) is 0 Å². The molecule has 1 aromatic rings. The van der Waals surface area contributed by atoms with Gasteiger partial charge >= 0.3 is 6.18 Å². The second-order valence-electron chi connectivity index (χ2n) is 6.11. The van der Waals surface area contributed by atoms with Crippen LogP contribution in [-0.4, -0.2) is 6.04 Å². The number of halogens is 4. The van der Waals surface area contributed by atoms with Crippen LogP contribution in [0.5, 0.6) is 0 Å². The Bertz CT molecular complexity index is 479. The third-order valence-corrected chi connectivity index (χ3v) is 4.17. The average molecular weight is 289 g/mol. The fourth-order valence-corrected chi connectivity index (χ4v) is 2.90. The summed E-state index contributed by atoms with van der Waals surface area (Å²) in [5.41, 5.74) is -0.694. The number of hydrogen-bond acceptors (Lipinski definition) is 1. The number of alkyl halides is 3. The summed E-state index contributed by atoms with van der Waals surface area (Å²) in [4.78, 5) is 0. The van der Waals surface area contributed by atoms with Crippen LogP contribution in [0.1, 0.15) is 44.2 Å². The van der Waals surface area contributed by atoms with E-state index in [1.54, 1.807) is 0 Å². The van der Waals surface area contributed by atoms with Gasteiger partial charge in [0.1, 0.15) is 5.82 Å². The van der Waals surface area contributed by atoms with Crippen LogP contribution in [0.2, 0.25) is 0 Å². The maximum Gasteiger partial charge on any atom is 0.416 e. The Kier molecular flexibility index (Phi) is 4.09. The Morgan fingerprint density at radius 3 is 2.55 bits per heavy atom. The Morgan fingerprint density at radius 1 is 1.30 bits per heavy atom. The molecular formula is C15H19F4N. The predicted molar refractivity (Wildman–Crippen MR) is 69.7 cm³/mol. The first-order valence-electron chi connectivity index (χ1n) is 6.79. The zero-order valence-electron chi connectivity index (χ0n) is 11.6. The van der Waals surface area contributed by atoms with Gasteiger partial charge in [-0.1, -0.05) is 26.3 Å². The van der Waals surface area contributed by atoms with Crippen molar-refractivity contribution in [3.05, 3.63) is 35.1 Å². The molecule has 0 amide bonds. The second kappa shape index (κ2) is 5.35. The van der Waals surface area contributed by atoms with E-state index in [9.17, 15) is 17.6 Å². The number of benzene rings is 1. The van der Waals surface area contributed by atoms with Gasteiger partial charge in [-0.25, -0.2) is 4.39 Å². The van der Waals surface area contributed by atoms with Crippen molar-refractivity contribution >= 4 is 0 Å². The van der Waals surface area contributed by atoms with Gasteiger partial charge in [0, 0.05) is 12.6 Å². The summed E-state index contributed by atoms with van der Waals surface area (Å²) in [6, 6.07) is 3.06. The van der Waals surface area contributed by atoms with Crippen LogP contribution in [0, 0.1) is 11.2 Å². The Labute approximate surface area is 116 Å². The first kappa shape index (κ1) is 15.3. The molecule has 5 heteroatoms. The fourth-order valence-electron chi connectivity index (χ4n) is 2.90. The van der Waals surface area contributed by atoms with Crippen molar-refractivity contribution in [2.24, 2.45) is 5.41 Å². The van der Waals surface area contributed by atoms with Crippen LogP contribution in [0.4, 0.5) is 17.6 Å². The van der Waals surface area contributed by atoms with Crippen LogP contribution in [0.15, 0.2) is 18.2 Å². The molecule has 0 heterocycles. The van der Waals surface area contributed by atoms with E-state index in [4.69, 9.17) is 0 Å². The molecule has 0 saturated heterocycles. The van der Waals surface area contributed by atoms with Crippen molar-refractivity contribution in [3.8, 4) is 0 Å². The minimum atomic E-state index is -4.52. The molecule has 1 unspecified atom stereocenters. The lowest BCUT2D eigenvalue weighted by molar-refractivity contribution is -0.138. The molecule has 1 saturated carbocycles. The van der Waals surface area contributed by atoms with Gasteiger partial charge in [-0.3, -0.25) is 0 Å². The molecule has 1 atom stereocenters. The summed E-state index contributed by atoms with van der Waals surface area (Å²) in [7, 11) is 0. The molecule has 20 heavy (non-hydrogen) atoms. The topological polar surface area (TPSA) is 12.0 Å². The average Bonchev–Trinajstić information content (AvgIpc) is 2.65. The minimum absolute atomic E-state index is 0.0957. The fraction of sp³-hybridized carbons (Fsp3) is 0.600. The van der Waals surface area contributed by atoms with Gasteiger partial charge in [0.15, 0.2) is 0 Å². The standard InChI is InChI=1S/C15H19F4N/c1-14(2)7-3-4-13(14)20-9-10-5-6-11(16)8-12(10)15(17,18)19/h5-6,8,13,20H,3-4,7,9H2,1-2H3. The quantitative estimate of drug-likeness (QED) is 0.807. The maximum absolute atomic E-state index is 13.0. The Morgan fingerprint density at radius 2 is 2.00 bits per heavy atom. The van der Waals surface area contributed by atoms with Crippen LogP contribution in [-0.2, 0) is 12.7 Å². The van der Waals surface area contributed by atoms with Crippen molar-refractivity contribution in [2.75, 3.05) is 0 Å². The van der Waals surface area contributed by atoms with Crippen LogP contribution < -0.4 is 5.32 Å². The van der Waals surface area contributed by atoms with Gasteiger partial charge in [-0.2, -0.15) is 13.2 Å². The molecule has 1 nitrogen and oxygen atoms in total. The first-order valence-corrected chi connectivity index (χ1v) is 6.79. The summed E-state index contributed by atoms with van der Waals surface area (Å²) in [6.07, 6.45) is -1.40. The summed E-state index contributed by atoms with van der Waals surface area (Å²) in [6.45, 7) is 4.35. The lowest BCUT2D eigenvalue weighted by atomic mass is 9.87. The van der Waals surface area contributed by atoms with E-state index in [1.807, 2.05) is 0 Å². The molecular weight excluding hydrogens is 270 g/mol. The summed E-state index contributed by atoms with van der Waals surface area (Å²) in [5.74, 6) is -0.859. The van der Waals surface area contributed by atoms with Crippen molar-refractivity contribution in [3.63, 3.8) is 0 Å². The summed E-state index contributed by atoms with van der Waals surface area (Å²) in [5, 5.41) is 3.20. The van der Waals surface area contributed by atoms with Crippen LogP contribution in [0.25, 0.3) is 0 Å². The third-order valence-electron chi connectivity index (χ3n) is 4.17. The van der Waals surface area contributed by atoms with E-state index in [2.05, 4.69) is 19.2 Å². The van der Waals surface area contributed by atoms with Crippen molar-refractivity contribution < 1.29 is 17.6 Å². The lowest BCUT2D eigenvalue weighted by Gasteiger charge is -2.28. The van der Waals surface area contributed by atoms with Gasteiger partial charge in [-0.05, 0) is 36.0 Å². The third kappa shape index (κ3) is 3.32. The molecule has 112 valence electrons. The first-order chi connectivity index (χ1) is 9.20. The van der Waals surface area contributed by atoms with Crippen LogP contribution >= 0.6 is 0 Å². The minimum Gasteiger partial charge on any atom is -0.309 e. The van der Waals surface area contributed by atoms with Gasteiger partial charge in [0.05, 0.1) is 5.56 Å². The van der Waals surface area contributed by atoms with E-state index in [1.165, 1.54) is 6.07 Å². The van der Waals surface area contributed by atoms with E-state index < -0.39 is 17.6 Å². The molecule has 1 aliphatic carbocycles. The molecule has 1 aliphatic rings. The van der Waals surface area contributed by atoms with E-state index in [0.29, 0.717) is 6.07 Å². The second-order valence-corrected chi connectivity index (χ2v) is 6.11. The summed E-state index contributed by atoms with van der Waals surface area (Å²) >= 11 is 0. The van der Waals surface area contributed by atoms with Crippen molar-refractivity contribution in [2.45, 2.75) is 51.9 Å². The zero-order valence-corrected chi connectivity index (χ0v) is 11.6. The van der Waals surface area contributed by atoms with Crippen molar-refractivity contribution in [1.82, 2.24) is 5.32 Å². The monoisotopic (exact) mass is 289 g/mol. The Balaban J connectivity index is 2.14. The molecule has 0 radical (unpaired) electrons.